The summed E-state index contributed by atoms with van der Waals surface area (Å²) in [5, 5.41) is 0. The van der Waals surface area contributed by atoms with Crippen molar-refractivity contribution in [2.45, 2.75) is 13.0 Å². The highest BCUT2D eigenvalue weighted by Gasteiger charge is 2.19. The molecule has 0 bridgehead atoms. The molecule has 4 heteroatoms. The van der Waals surface area contributed by atoms with Gasteiger partial charge >= 0.3 is 0 Å². The number of pyridine rings is 1. The molecule has 0 aromatic carbocycles. The monoisotopic (exact) mass is 196 g/mol. The van der Waals surface area contributed by atoms with Crippen molar-refractivity contribution >= 4 is 5.69 Å². The van der Waals surface area contributed by atoms with Crippen molar-refractivity contribution in [2.24, 2.45) is 0 Å². The smallest absolute Gasteiger partial charge is 0.214 e. The van der Waals surface area contributed by atoms with Gasteiger partial charge in [-0.05, 0) is 13.0 Å². The molecule has 1 unspecified atom stereocenters. The van der Waals surface area contributed by atoms with Gasteiger partial charge in [-0.3, -0.25) is 0 Å². The summed E-state index contributed by atoms with van der Waals surface area (Å²) in [6.45, 7) is 4.28. The number of nitrogens with zero attached hydrogens (tertiary/aromatic N) is 2. The molecule has 1 aromatic rings. The molecule has 1 aliphatic rings. The van der Waals surface area contributed by atoms with Crippen molar-refractivity contribution in [2.75, 3.05) is 24.7 Å². The van der Waals surface area contributed by atoms with Gasteiger partial charge < -0.3 is 9.64 Å². The van der Waals surface area contributed by atoms with Crippen LogP contribution in [0.1, 0.15) is 6.92 Å². The zero-order valence-electron chi connectivity index (χ0n) is 8.11. The van der Waals surface area contributed by atoms with Crippen LogP contribution in [0.15, 0.2) is 18.3 Å². The van der Waals surface area contributed by atoms with E-state index in [1.165, 1.54) is 12.3 Å². The molecule has 0 saturated carbocycles. The zero-order valence-corrected chi connectivity index (χ0v) is 8.11. The van der Waals surface area contributed by atoms with Crippen molar-refractivity contribution in [1.82, 2.24) is 4.98 Å². The highest BCUT2D eigenvalue weighted by atomic mass is 19.1. The average Bonchev–Trinajstić information content (AvgIpc) is 2.18. The van der Waals surface area contributed by atoms with E-state index in [9.17, 15) is 4.39 Å². The molecular weight excluding hydrogens is 183 g/mol. The van der Waals surface area contributed by atoms with Gasteiger partial charge in [-0.25, -0.2) is 4.98 Å². The number of morpholine rings is 1. The Hall–Kier alpha value is -1.16. The standard InChI is InChI=1S/C10H13FN2O/c1-8-7-14-5-4-13(8)9-2-3-12-10(11)6-9/h2-3,6,8H,4-5,7H2,1H3. The van der Waals surface area contributed by atoms with E-state index in [0.29, 0.717) is 19.3 Å². The van der Waals surface area contributed by atoms with Gasteiger partial charge in [0.15, 0.2) is 0 Å². The second-order valence-electron chi connectivity index (χ2n) is 3.45. The second kappa shape index (κ2) is 3.92. The van der Waals surface area contributed by atoms with Crippen LogP contribution >= 0.6 is 0 Å². The van der Waals surface area contributed by atoms with Gasteiger partial charge in [0.25, 0.3) is 0 Å². The lowest BCUT2D eigenvalue weighted by atomic mass is 10.2. The Kier molecular flexibility index (Phi) is 2.63. The summed E-state index contributed by atoms with van der Waals surface area (Å²) in [6, 6.07) is 3.58. The van der Waals surface area contributed by atoms with E-state index in [4.69, 9.17) is 4.74 Å². The predicted octanol–water partition coefficient (Wildman–Crippen LogP) is 1.45. The fourth-order valence-corrected chi connectivity index (χ4v) is 1.68. The molecule has 1 fully saturated rings. The fraction of sp³-hybridized carbons (Fsp3) is 0.500. The van der Waals surface area contributed by atoms with Crippen LogP contribution in [-0.2, 0) is 4.74 Å². The number of aromatic nitrogens is 1. The first-order valence-electron chi connectivity index (χ1n) is 4.73. The Bertz CT molecular complexity index is 319. The summed E-state index contributed by atoms with van der Waals surface area (Å²) < 4.78 is 18.2. The Morgan fingerprint density at radius 1 is 1.64 bits per heavy atom. The normalized spacial score (nSPS) is 22.4. The van der Waals surface area contributed by atoms with Gasteiger partial charge in [-0.1, -0.05) is 0 Å². The van der Waals surface area contributed by atoms with Crippen LogP contribution in [0.25, 0.3) is 0 Å². The maximum absolute atomic E-state index is 12.9. The highest BCUT2D eigenvalue weighted by molar-refractivity contribution is 5.46. The number of hydrogen-bond acceptors (Lipinski definition) is 3. The predicted molar refractivity (Wildman–Crippen MR) is 51.8 cm³/mol. The molecule has 1 aromatic heterocycles. The summed E-state index contributed by atoms with van der Waals surface area (Å²) in [4.78, 5) is 5.67. The maximum atomic E-state index is 12.9. The van der Waals surface area contributed by atoms with E-state index in [-0.39, 0.29) is 0 Å². The number of halogens is 1. The first-order chi connectivity index (χ1) is 6.77. The molecule has 1 atom stereocenters. The summed E-state index contributed by atoms with van der Waals surface area (Å²) in [5.41, 5.74) is 0.883. The lowest BCUT2D eigenvalue weighted by Gasteiger charge is -2.35. The molecule has 0 N–H and O–H groups in total. The molecule has 0 amide bonds. The van der Waals surface area contributed by atoms with E-state index >= 15 is 0 Å². The second-order valence-corrected chi connectivity index (χ2v) is 3.45. The summed E-state index contributed by atoms with van der Waals surface area (Å²) in [5.74, 6) is -0.429. The van der Waals surface area contributed by atoms with Crippen LogP contribution in [0.3, 0.4) is 0 Å². The molecule has 2 heterocycles. The Morgan fingerprint density at radius 2 is 2.50 bits per heavy atom. The summed E-state index contributed by atoms with van der Waals surface area (Å²) >= 11 is 0. The summed E-state index contributed by atoms with van der Waals surface area (Å²) in [7, 11) is 0. The highest BCUT2D eigenvalue weighted by Crippen LogP contribution is 2.19. The quantitative estimate of drug-likeness (QED) is 0.635. The Balaban J connectivity index is 2.20. The Morgan fingerprint density at radius 3 is 3.21 bits per heavy atom. The number of anilines is 1. The maximum Gasteiger partial charge on any atom is 0.214 e. The summed E-state index contributed by atoms with van der Waals surface area (Å²) in [6.07, 6.45) is 1.49. The van der Waals surface area contributed by atoms with E-state index in [1.54, 1.807) is 0 Å². The first-order valence-corrected chi connectivity index (χ1v) is 4.73. The van der Waals surface area contributed by atoms with Gasteiger partial charge in [-0.2, -0.15) is 4.39 Å². The van der Waals surface area contributed by atoms with E-state index in [1.807, 2.05) is 6.07 Å². The molecular formula is C10H13FN2O. The molecule has 1 aliphatic heterocycles. The topological polar surface area (TPSA) is 25.4 Å². The van der Waals surface area contributed by atoms with Crippen LogP contribution in [-0.4, -0.2) is 30.8 Å². The lowest BCUT2D eigenvalue weighted by Crippen LogP contribution is -2.43. The minimum atomic E-state index is -0.429. The molecule has 0 aliphatic carbocycles. The molecule has 1 saturated heterocycles. The molecule has 0 spiro atoms. The minimum Gasteiger partial charge on any atom is -0.377 e. The third-order valence-electron chi connectivity index (χ3n) is 2.41. The SMILES string of the molecule is CC1COCCN1c1ccnc(F)c1. The van der Waals surface area contributed by atoms with Gasteiger partial charge in [0.2, 0.25) is 5.95 Å². The van der Waals surface area contributed by atoms with E-state index in [0.717, 1.165) is 12.2 Å². The van der Waals surface area contributed by atoms with Crippen LogP contribution in [0.2, 0.25) is 0 Å². The first kappa shape index (κ1) is 9.40. The van der Waals surface area contributed by atoms with E-state index < -0.39 is 5.95 Å². The van der Waals surface area contributed by atoms with E-state index in [2.05, 4.69) is 16.8 Å². The third kappa shape index (κ3) is 1.85. The van der Waals surface area contributed by atoms with Crippen LogP contribution < -0.4 is 4.90 Å². The Labute approximate surface area is 82.5 Å². The molecule has 2 rings (SSSR count). The average molecular weight is 196 g/mol. The molecule has 3 nitrogen and oxygen atoms in total. The van der Waals surface area contributed by atoms with Crippen LogP contribution in [0.5, 0.6) is 0 Å². The number of rotatable bonds is 1. The van der Waals surface area contributed by atoms with Crippen molar-refractivity contribution in [3.8, 4) is 0 Å². The molecule has 76 valence electrons. The van der Waals surface area contributed by atoms with Crippen LogP contribution in [0, 0.1) is 5.95 Å². The van der Waals surface area contributed by atoms with Gasteiger partial charge in [0.1, 0.15) is 0 Å². The molecule has 0 radical (unpaired) electrons. The number of ether oxygens (including phenoxy) is 1. The zero-order chi connectivity index (χ0) is 9.97. The van der Waals surface area contributed by atoms with Crippen molar-refractivity contribution in [3.63, 3.8) is 0 Å². The van der Waals surface area contributed by atoms with Gasteiger partial charge in [0.05, 0.1) is 13.2 Å². The number of hydrogen-bond donors (Lipinski definition) is 0. The van der Waals surface area contributed by atoms with Crippen molar-refractivity contribution in [3.05, 3.63) is 24.3 Å². The van der Waals surface area contributed by atoms with Crippen molar-refractivity contribution in [1.29, 1.82) is 0 Å². The fourth-order valence-electron chi connectivity index (χ4n) is 1.68. The van der Waals surface area contributed by atoms with Gasteiger partial charge in [-0.15, -0.1) is 0 Å². The lowest BCUT2D eigenvalue weighted by molar-refractivity contribution is 0.0989. The minimum absolute atomic E-state index is 0.297. The van der Waals surface area contributed by atoms with Gasteiger partial charge in [0, 0.05) is 30.5 Å². The van der Waals surface area contributed by atoms with Crippen molar-refractivity contribution < 1.29 is 9.13 Å². The molecule has 14 heavy (non-hydrogen) atoms. The van der Waals surface area contributed by atoms with Crippen LogP contribution in [0.4, 0.5) is 10.1 Å². The largest absolute Gasteiger partial charge is 0.377 e. The third-order valence-corrected chi connectivity index (χ3v) is 2.41.